The van der Waals surface area contributed by atoms with Crippen molar-refractivity contribution in [1.82, 2.24) is 20.2 Å². The van der Waals surface area contributed by atoms with Crippen molar-refractivity contribution in [3.05, 3.63) is 33.5 Å². The third-order valence-corrected chi connectivity index (χ3v) is 3.27. The number of halogens is 2. The first-order chi connectivity index (χ1) is 9.06. The van der Waals surface area contributed by atoms with Gasteiger partial charge in [-0.25, -0.2) is 4.68 Å². The van der Waals surface area contributed by atoms with Crippen LogP contribution in [0, 0.1) is 6.92 Å². The summed E-state index contributed by atoms with van der Waals surface area (Å²) in [6.07, 6.45) is -0.704. The summed E-state index contributed by atoms with van der Waals surface area (Å²) < 4.78 is 7.77. The van der Waals surface area contributed by atoms with E-state index < -0.39 is 6.10 Å². The number of hydrogen-bond acceptors (Lipinski definition) is 5. The fourth-order valence-electron chi connectivity index (χ4n) is 1.45. The van der Waals surface area contributed by atoms with Crippen molar-refractivity contribution in [1.29, 1.82) is 0 Å². The predicted octanol–water partition coefficient (Wildman–Crippen LogP) is 1.84. The molecule has 0 saturated heterocycles. The van der Waals surface area contributed by atoms with E-state index in [-0.39, 0.29) is 13.2 Å². The number of aryl methyl sites for hydroxylation is 1. The molecule has 1 N–H and O–H groups in total. The Morgan fingerprint density at radius 1 is 1.53 bits per heavy atom. The fraction of sp³-hybridized carbons (Fsp3) is 0.364. The number of tetrazole rings is 1. The van der Waals surface area contributed by atoms with E-state index in [0.29, 0.717) is 16.6 Å². The molecule has 0 unspecified atom stereocenters. The largest absolute Gasteiger partial charge is 0.490 e. The lowest BCUT2D eigenvalue weighted by Gasteiger charge is -2.13. The lowest BCUT2D eigenvalue weighted by atomic mass is 10.3. The Bertz CT molecular complexity index is 563. The van der Waals surface area contributed by atoms with Crippen LogP contribution in [-0.4, -0.2) is 38.0 Å². The molecule has 102 valence electrons. The second-order valence-electron chi connectivity index (χ2n) is 3.95. The van der Waals surface area contributed by atoms with Crippen LogP contribution < -0.4 is 4.74 Å². The highest BCUT2D eigenvalue weighted by Gasteiger charge is 2.11. The number of aliphatic hydroxyl groups excluding tert-OH is 1. The summed E-state index contributed by atoms with van der Waals surface area (Å²) in [7, 11) is 0. The first-order valence-corrected chi connectivity index (χ1v) is 6.72. The van der Waals surface area contributed by atoms with Crippen LogP contribution in [0.2, 0.25) is 5.02 Å². The van der Waals surface area contributed by atoms with Gasteiger partial charge in [0.05, 0.1) is 11.0 Å². The Balaban J connectivity index is 1.90. The number of aliphatic hydroxyl groups is 1. The van der Waals surface area contributed by atoms with Gasteiger partial charge in [-0.05, 0) is 51.5 Å². The summed E-state index contributed by atoms with van der Waals surface area (Å²) in [5.41, 5.74) is 0. The summed E-state index contributed by atoms with van der Waals surface area (Å²) >= 11 is 9.17. The number of nitrogens with zero attached hydrogens (tertiary/aromatic N) is 4. The number of aromatic nitrogens is 4. The lowest BCUT2D eigenvalue weighted by Crippen LogP contribution is -2.25. The maximum absolute atomic E-state index is 9.87. The van der Waals surface area contributed by atoms with Crippen LogP contribution in [0.4, 0.5) is 0 Å². The number of rotatable bonds is 5. The van der Waals surface area contributed by atoms with Gasteiger partial charge in [0, 0.05) is 5.02 Å². The van der Waals surface area contributed by atoms with Crippen LogP contribution in [0.1, 0.15) is 5.82 Å². The molecule has 0 radical (unpaired) electrons. The van der Waals surface area contributed by atoms with Crippen LogP contribution in [0.15, 0.2) is 22.7 Å². The number of ether oxygens (including phenoxy) is 1. The maximum atomic E-state index is 9.87. The Morgan fingerprint density at radius 2 is 2.32 bits per heavy atom. The van der Waals surface area contributed by atoms with Crippen molar-refractivity contribution < 1.29 is 9.84 Å². The van der Waals surface area contributed by atoms with Crippen molar-refractivity contribution in [2.75, 3.05) is 6.61 Å². The zero-order valence-corrected chi connectivity index (χ0v) is 12.5. The van der Waals surface area contributed by atoms with Crippen LogP contribution in [0.5, 0.6) is 5.75 Å². The van der Waals surface area contributed by atoms with Gasteiger partial charge < -0.3 is 9.84 Å². The average Bonchev–Trinajstić information content (AvgIpc) is 2.74. The molecule has 0 amide bonds. The van der Waals surface area contributed by atoms with Gasteiger partial charge in [0.25, 0.3) is 0 Å². The fourth-order valence-corrected chi connectivity index (χ4v) is 2.25. The minimum absolute atomic E-state index is 0.138. The Morgan fingerprint density at radius 3 is 2.95 bits per heavy atom. The molecule has 2 rings (SSSR count). The molecule has 1 aromatic heterocycles. The molecule has 1 heterocycles. The van der Waals surface area contributed by atoms with Gasteiger partial charge >= 0.3 is 0 Å². The standard InChI is InChI=1S/C11H12BrClN4O2/c1-7-14-15-16-17(7)5-9(18)6-19-11-3-2-8(13)4-10(11)12/h2-4,9,18H,5-6H2,1H3/t9-/m0/s1. The van der Waals surface area contributed by atoms with E-state index >= 15 is 0 Å². The minimum atomic E-state index is -0.704. The quantitative estimate of drug-likeness (QED) is 0.893. The van der Waals surface area contributed by atoms with Crippen LogP contribution in [0.3, 0.4) is 0 Å². The monoisotopic (exact) mass is 346 g/mol. The molecule has 2 aromatic rings. The molecule has 0 fully saturated rings. The third kappa shape index (κ3) is 3.89. The predicted molar refractivity (Wildman–Crippen MR) is 73.2 cm³/mol. The van der Waals surface area contributed by atoms with Gasteiger partial charge in [0.2, 0.25) is 0 Å². The van der Waals surface area contributed by atoms with E-state index in [1.807, 2.05) is 0 Å². The molecule has 0 aliphatic heterocycles. The van der Waals surface area contributed by atoms with Crippen molar-refractivity contribution >= 4 is 27.5 Å². The van der Waals surface area contributed by atoms with E-state index in [2.05, 4.69) is 31.5 Å². The van der Waals surface area contributed by atoms with E-state index in [1.165, 1.54) is 4.68 Å². The first kappa shape index (κ1) is 14.2. The highest BCUT2D eigenvalue weighted by molar-refractivity contribution is 9.10. The molecule has 8 heteroatoms. The Kier molecular flexibility index (Phi) is 4.73. The number of benzene rings is 1. The Hall–Kier alpha value is -1.18. The van der Waals surface area contributed by atoms with Crippen LogP contribution in [0.25, 0.3) is 0 Å². The summed E-state index contributed by atoms with van der Waals surface area (Å²) in [6, 6.07) is 5.19. The highest BCUT2D eigenvalue weighted by Crippen LogP contribution is 2.28. The second kappa shape index (κ2) is 6.31. The van der Waals surface area contributed by atoms with Crippen LogP contribution in [-0.2, 0) is 6.54 Å². The second-order valence-corrected chi connectivity index (χ2v) is 5.24. The molecule has 6 nitrogen and oxygen atoms in total. The van der Waals surface area contributed by atoms with Crippen molar-refractivity contribution in [2.24, 2.45) is 0 Å². The van der Waals surface area contributed by atoms with Crippen molar-refractivity contribution in [3.8, 4) is 5.75 Å². The number of hydrogen-bond donors (Lipinski definition) is 1. The zero-order chi connectivity index (χ0) is 13.8. The SMILES string of the molecule is Cc1nnnn1C[C@H](O)COc1ccc(Cl)cc1Br. The smallest absolute Gasteiger partial charge is 0.148 e. The maximum Gasteiger partial charge on any atom is 0.148 e. The molecular weight excluding hydrogens is 336 g/mol. The van der Waals surface area contributed by atoms with Gasteiger partial charge in [-0.1, -0.05) is 11.6 Å². The summed E-state index contributed by atoms with van der Waals surface area (Å²) in [5, 5.41) is 21.5. The molecule has 0 aliphatic carbocycles. The normalized spacial score (nSPS) is 12.4. The van der Waals surface area contributed by atoms with Gasteiger partial charge in [0.1, 0.15) is 24.3 Å². The summed E-state index contributed by atoms with van der Waals surface area (Å²) in [6.45, 7) is 2.19. The minimum Gasteiger partial charge on any atom is -0.490 e. The van der Waals surface area contributed by atoms with E-state index in [1.54, 1.807) is 25.1 Å². The van der Waals surface area contributed by atoms with Crippen LogP contribution >= 0.6 is 27.5 Å². The molecule has 19 heavy (non-hydrogen) atoms. The summed E-state index contributed by atoms with van der Waals surface area (Å²) in [5.74, 6) is 1.27. The summed E-state index contributed by atoms with van der Waals surface area (Å²) in [4.78, 5) is 0. The van der Waals surface area contributed by atoms with E-state index in [9.17, 15) is 5.11 Å². The van der Waals surface area contributed by atoms with Crippen molar-refractivity contribution in [2.45, 2.75) is 19.6 Å². The average molecular weight is 348 g/mol. The molecule has 0 aliphatic rings. The topological polar surface area (TPSA) is 73.1 Å². The van der Waals surface area contributed by atoms with Gasteiger partial charge in [-0.15, -0.1) is 5.10 Å². The third-order valence-electron chi connectivity index (χ3n) is 2.42. The highest BCUT2D eigenvalue weighted by atomic mass is 79.9. The molecule has 1 aromatic carbocycles. The van der Waals surface area contributed by atoms with E-state index in [4.69, 9.17) is 16.3 Å². The van der Waals surface area contributed by atoms with Crippen molar-refractivity contribution in [3.63, 3.8) is 0 Å². The molecule has 1 atom stereocenters. The van der Waals surface area contributed by atoms with E-state index in [0.717, 1.165) is 4.47 Å². The molecule has 0 spiro atoms. The lowest BCUT2D eigenvalue weighted by molar-refractivity contribution is 0.0878. The zero-order valence-electron chi connectivity index (χ0n) is 10.1. The van der Waals surface area contributed by atoms with Gasteiger partial charge in [0.15, 0.2) is 0 Å². The Labute approximate surface area is 123 Å². The molecule has 0 bridgehead atoms. The van der Waals surface area contributed by atoms with Gasteiger partial charge in [-0.3, -0.25) is 0 Å². The first-order valence-electron chi connectivity index (χ1n) is 5.55. The molecular formula is C11H12BrClN4O2. The molecule has 0 saturated carbocycles. The van der Waals surface area contributed by atoms with Gasteiger partial charge in [-0.2, -0.15) is 0 Å².